The predicted molar refractivity (Wildman–Crippen MR) is 279 cm³/mol. The molecule has 0 aromatic rings. The smallest absolute Gasteiger partial charge is 0.306 e. The largest absolute Gasteiger partial charge is 0.462 e. The Hall–Kier alpha value is -2.37. The topological polar surface area (TPSA) is 78.9 Å². The SMILES string of the molecule is CCCCC/C=C\C=C/CCCCCCCCCCCCC(=O)OCC(COC(=O)CCCCCCCCCCCCC)OC(=O)CCCCCCCCC/C=C\CCCCCCCC. The van der Waals surface area contributed by atoms with E-state index in [2.05, 4.69) is 57.2 Å². The summed E-state index contributed by atoms with van der Waals surface area (Å²) in [6.07, 6.45) is 64.1. The van der Waals surface area contributed by atoms with Crippen molar-refractivity contribution in [2.24, 2.45) is 0 Å². The van der Waals surface area contributed by atoms with Crippen molar-refractivity contribution in [1.82, 2.24) is 0 Å². The van der Waals surface area contributed by atoms with Crippen molar-refractivity contribution in [1.29, 1.82) is 0 Å². The van der Waals surface area contributed by atoms with Gasteiger partial charge in [-0.15, -0.1) is 0 Å². The molecule has 0 rings (SSSR count). The van der Waals surface area contributed by atoms with E-state index in [0.717, 1.165) is 57.8 Å². The Bertz CT molecular complexity index is 1090. The van der Waals surface area contributed by atoms with Crippen LogP contribution in [0.25, 0.3) is 0 Å². The van der Waals surface area contributed by atoms with Gasteiger partial charge in [-0.1, -0.05) is 250 Å². The summed E-state index contributed by atoms with van der Waals surface area (Å²) in [5.74, 6) is -0.865. The minimum absolute atomic E-state index is 0.0714. The van der Waals surface area contributed by atoms with Crippen LogP contribution in [-0.4, -0.2) is 37.2 Å². The molecular weight excluding hydrogens is 805 g/mol. The highest BCUT2D eigenvalue weighted by Gasteiger charge is 2.19. The van der Waals surface area contributed by atoms with Gasteiger partial charge in [-0.3, -0.25) is 14.4 Å². The fourth-order valence-corrected chi connectivity index (χ4v) is 8.31. The summed E-state index contributed by atoms with van der Waals surface area (Å²) < 4.78 is 16.9. The van der Waals surface area contributed by atoms with Crippen molar-refractivity contribution >= 4 is 17.9 Å². The summed E-state index contributed by atoms with van der Waals surface area (Å²) >= 11 is 0. The zero-order valence-corrected chi connectivity index (χ0v) is 43.5. The molecule has 6 heteroatoms. The second-order valence-electron chi connectivity index (χ2n) is 19.2. The quantitative estimate of drug-likeness (QED) is 0.0199. The average molecular weight is 914 g/mol. The van der Waals surface area contributed by atoms with Crippen LogP contribution in [0.15, 0.2) is 36.5 Å². The Balaban J connectivity index is 4.31. The minimum Gasteiger partial charge on any atom is -0.462 e. The summed E-state index contributed by atoms with van der Waals surface area (Å²) in [5.41, 5.74) is 0. The maximum Gasteiger partial charge on any atom is 0.306 e. The van der Waals surface area contributed by atoms with Gasteiger partial charge in [-0.2, -0.15) is 0 Å². The number of ether oxygens (including phenoxy) is 3. The van der Waals surface area contributed by atoms with Crippen molar-refractivity contribution in [2.75, 3.05) is 13.2 Å². The molecular formula is C59H108O6. The molecule has 0 aliphatic rings. The lowest BCUT2D eigenvalue weighted by Gasteiger charge is -2.18. The number of carbonyl (C=O) groups excluding carboxylic acids is 3. The van der Waals surface area contributed by atoms with Gasteiger partial charge in [0.15, 0.2) is 6.10 Å². The van der Waals surface area contributed by atoms with Crippen molar-refractivity contribution in [3.63, 3.8) is 0 Å². The van der Waals surface area contributed by atoms with Crippen LogP contribution >= 0.6 is 0 Å². The molecule has 1 atom stereocenters. The molecule has 0 aliphatic heterocycles. The standard InChI is InChI=1S/C59H108O6/c1-4-7-10-13-16-19-22-24-26-28-29-31-32-34-37-40-43-46-49-52-58(61)64-55-56(54-63-57(60)51-48-45-42-39-36-21-18-15-12-9-6-3)65-59(62)53-50-47-44-41-38-35-33-30-27-25-23-20-17-14-11-8-5-2/h16,19,22,24-25,27,56H,4-15,17-18,20-21,23,26,28-55H2,1-3H3/b19-16-,24-22-,27-25-. The highest BCUT2D eigenvalue weighted by molar-refractivity contribution is 5.71. The molecule has 0 aromatic heterocycles. The van der Waals surface area contributed by atoms with Crippen molar-refractivity contribution < 1.29 is 28.6 Å². The highest BCUT2D eigenvalue weighted by atomic mass is 16.6. The van der Waals surface area contributed by atoms with E-state index in [0.29, 0.717) is 19.3 Å². The molecule has 0 spiro atoms. The van der Waals surface area contributed by atoms with Gasteiger partial charge in [0.1, 0.15) is 13.2 Å². The van der Waals surface area contributed by atoms with E-state index in [1.807, 2.05) is 0 Å². The van der Waals surface area contributed by atoms with E-state index >= 15 is 0 Å². The van der Waals surface area contributed by atoms with Gasteiger partial charge >= 0.3 is 17.9 Å². The molecule has 0 saturated heterocycles. The van der Waals surface area contributed by atoms with E-state index in [1.54, 1.807) is 0 Å². The normalized spacial score (nSPS) is 12.2. The first-order valence-corrected chi connectivity index (χ1v) is 28.5. The maximum atomic E-state index is 12.8. The number of esters is 3. The summed E-state index contributed by atoms with van der Waals surface area (Å²) in [6.45, 7) is 6.63. The van der Waals surface area contributed by atoms with Gasteiger partial charge in [0.05, 0.1) is 0 Å². The van der Waals surface area contributed by atoms with E-state index in [4.69, 9.17) is 14.2 Å². The van der Waals surface area contributed by atoms with Crippen molar-refractivity contribution in [3.05, 3.63) is 36.5 Å². The van der Waals surface area contributed by atoms with E-state index in [1.165, 1.54) is 205 Å². The highest BCUT2D eigenvalue weighted by Crippen LogP contribution is 2.16. The molecule has 65 heavy (non-hydrogen) atoms. The van der Waals surface area contributed by atoms with Gasteiger partial charge in [-0.05, 0) is 70.6 Å². The van der Waals surface area contributed by atoms with Gasteiger partial charge < -0.3 is 14.2 Å². The molecule has 0 fully saturated rings. The third kappa shape index (κ3) is 52.5. The summed E-state index contributed by atoms with van der Waals surface area (Å²) in [4.78, 5) is 38.1. The van der Waals surface area contributed by atoms with Gasteiger partial charge in [0.25, 0.3) is 0 Å². The Kier molecular flexibility index (Phi) is 52.3. The molecule has 1 unspecified atom stereocenters. The molecule has 0 aliphatic carbocycles. The molecule has 0 heterocycles. The molecule has 6 nitrogen and oxygen atoms in total. The van der Waals surface area contributed by atoms with Crippen LogP contribution in [0.3, 0.4) is 0 Å². The van der Waals surface area contributed by atoms with Crippen LogP contribution in [0.1, 0.15) is 303 Å². The maximum absolute atomic E-state index is 12.8. The predicted octanol–water partition coefficient (Wildman–Crippen LogP) is 18.9. The Morgan fingerprint density at radius 1 is 0.308 bits per heavy atom. The molecule has 0 bridgehead atoms. The zero-order chi connectivity index (χ0) is 47.2. The van der Waals surface area contributed by atoms with E-state index < -0.39 is 6.10 Å². The monoisotopic (exact) mass is 913 g/mol. The average Bonchev–Trinajstić information content (AvgIpc) is 3.30. The Morgan fingerprint density at radius 2 is 0.554 bits per heavy atom. The number of rotatable bonds is 52. The van der Waals surface area contributed by atoms with Gasteiger partial charge in [0, 0.05) is 19.3 Å². The zero-order valence-electron chi connectivity index (χ0n) is 43.5. The molecule has 0 radical (unpaired) electrons. The lowest BCUT2D eigenvalue weighted by molar-refractivity contribution is -0.167. The molecule has 0 aromatic carbocycles. The first-order chi connectivity index (χ1) is 32.0. The van der Waals surface area contributed by atoms with Crippen LogP contribution in [-0.2, 0) is 28.6 Å². The third-order valence-electron chi connectivity index (χ3n) is 12.6. The minimum atomic E-state index is -0.772. The van der Waals surface area contributed by atoms with Crippen LogP contribution in [0, 0.1) is 0 Å². The number of carbonyl (C=O) groups is 3. The summed E-state index contributed by atoms with van der Waals surface area (Å²) in [5, 5.41) is 0. The Morgan fingerprint density at radius 3 is 0.892 bits per heavy atom. The fraction of sp³-hybridized carbons (Fsp3) is 0.847. The van der Waals surface area contributed by atoms with Crippen LogP contribution in [0.5, 0.6) is 0 Å². The number of hydrogen-bond donors (Lipinski definition) is 0. The van der Waals surface area contributed by atoms with Crippen LogP contribution < -0.4 is 0 Å². The first kappa shape index (κ1) is 62.6. The van der Waals surface area contributed by atoms with Crippen LogP contribution in [0.4, 0.5) is 0 Å². The lowest BCUT2D eigenvalue weighted by atomic mass is 10.1. The van der Waals surface area contributed by atoms with Gasteiger partial charge in [-0.25, -0.2) is 0 Å². The lowest BCUT2D eigenvalue weighted by Crippen LogP contribution is -2.30. The van der Waals surface area contributed by atoms with E-state index in [-0.39, 0.29) is 31.1 Å². The summed E-state index contributed by atoms with van der Waals surface area (Å²) in [7, 11) is 0. The molecule has 0 N–H and O–H groups in total. The molecule has 0 saturated carbocycles. The second kappa shape index (κ2) is 54.2. The second-order valence-corrected chi connectivity index (χ2v) is 19.2. The van der Waals surface area contributed by atoms with Crippen molar-refractivity contribution in [3.8, 4) is 0 Å². The Labute approximate surface area is 404 Å². The third-order valence-corrected chi connectivity index (χ3v) is 12.6. The fourth-order valence-electron chi connectivity index (χ4n) is 8.31. The summed E-state index contributed by atoms with van der Waals surface area (Å²) in [6, 6.07) is 0. The number of unbranched alkanes of at least 4 members (excludes halogenated alkanes) is 36. The number of allylic oxidation sites excluding steroid dienone is 6. The molecule has 0 amide bonds. The molecule has 380 valence electrons. The van der Waals surface area contributed by atoms with Crippen LogP contribution in [0.2, 0.25) is 0 Å². The number of hydrogen-bond acceptors (Lipinski definition) is 6. The van der Waals surface area contributed by atoms with Crippen molar-refractivity contribution in [2.45, 2.75) is 309 Å². The van der Waals surface area contributed by atoms with Gasteiger partial charge in [0.2, 0.25) is 0 Å². The van der Waals surface area contributed by atoms with E-state index in [9.17, 15) is 14.4 Å². The first-order valence-electron chi connectivity index (χ1n) is 28.5.